The Balaban J connectivity index is 2.69. The van der Waals surface area contributed by atoms with Gasteiger partial charge in [0.2, 0.25) is 5.91 Å². The van der Waals surface area contributed by atoms with Crippen LogP contribution in [-0.2, 0) is 4.79 Å². The van der Waals surface area contributed by atoms with Gasteiger partial charge in [-0.05, 0) is 45.4 Å². The lowest BCUT2D eigenvalue weighted by atomic mass is 10.0. The van der Waals surface area contributed by atoms with Crippen LogP contribution in [0.25, 0.3) is 0 Å². The molecule has 0 aliphatic carbocycles. The maximum Gasteiger partial charge on any atom is 0.242 e. The van der Waals surface area contributed by atoms with E-state index in [9.17, 15) is 4.79 Å². The van der Waals surface area contributed by atoms with E-state index in [0.717, 1.165) is 6.42 Å². The van der Waals surface area contributed by atoms with Crippen molar-refractivity contribution < 1.29 is 4.79 Å². The first kappa shape index (κ1) is 16.1. The van der Waals surface area contributed by atoms with E-state index in [1.807, 2.05) is 20.8 Å². The van der Waals surface area contributed by atoms with Gasteiger partial charge in [-0.2, -0.15) is 0 Å². The molecule has 5 heteroatoms. The van der Waals surface area contributed by atoms with Crippen LogP contribution in [-0.4, -0.2) is 17.5 Å². The van der Waals surface area contributed by atoms with Crippen molar-refractivity contribution in [2.24, 2.45) is 0 Å². The average molecular weight is 303 g/mol. The summed E-state index contributed by atoms with van der Waals surface area (Å²) in [5.41, 5.74) is 0.486. The zero-order valence-corrected chi connectivity index (χ0v) is 13.2. The average Bonchev–Trinajstić information content (AvgIpc) is 2.32. The fourth-order valence-corrected chi connectivity index (χ4v) is 1.90. The van der Waals surface area contributed by atoms with Crippen LogP contribution in [0.4, 0.5) is 5.69 Å². The number of anilines is 1. The van der Waals surface area contributed by atoms with Crippen LogP contribution in [0, 0.1) is 0 Å². The number of amides is 1. The second-order valence-corrected chi connectivity index (χ2v) is 6.06. The summed E-state index contributed by atoms with van der Waals surface area (Å²) in [5.74, 6) is -0.0575. The number of halogens is 2. The van der Waals surface area contributed by atoms with Crippen LogP contribution in [0.3, 0.4) is 0 Å². The molecule has 2 N–H and O–H groups in total. The summed E-state index contributed by atoms with van der Waals surface area (Å²) in [6.45, 7) is 7.82. The van der Waals surface area contributed by atoms with E-state index in [-0.39, 0.29) is 17.5 Å². The Kier molecular flexibility index (Phi) is 5.50. The minimum Gasteiger partial charge on any atom is -0.373 e. The van der Waals surface area contributed by atoms with Gasteiger partial charge in [-0.15, -0.1) is 0 Å². The number of nitrogens with one attached hydrogen (secondary N) is 2. The Labute approximate surface area is 124 Å². The van der Waals surface area contributed by atoms with Crippen LogP contribution in [0.5, 0.6) is 0 Å². The molecule has 106 valence electrons. The SMILES string of the molecule is CCC(C)(C)NC(=O)C(C)Nc1ccc(Cl)cc1Cl. The smallest absolute Gasteiger partial charge is 0.242 e. The number of hydrogen-bond donors (Lipinski definition) is 2. The lowest BCUT2D eigenvalue weighted by Gasteiger charge is -2.27. The predicted molar refractivity (Wildman–Crippen MR) is 82.1 cm³/mol. The normalized spacial score (nSPS) is 12.9. The maximum atomic E-state index is 12.1. The Hall–Kier alpha value is -0.930. The third-order valence-electron chi connectivity index (χ3n) is 3.04. The van der Waals surface area contributed by atoms with E-state index in [1.54, 1.807) is 25.1 Å². The first-order chi connectivity index (χ1) is 8.75. The zero-order chi connectivity index (χ0) is 14.6. The van der Waals surface area contributed by atoms with E-state index in [1.165, 1.54) is 0 Å². The summed E-state index contributed by atoms with van der Waals surface area (Å²) in [4.78, 5) is 12.1. The molecule has 0 bridgehead atoms. The summed E-state index contributed by atoms with van der Waals surface area (Å²) in [6, 6.07) is 4.77. The van der Waals surface area contributed by atoms with Gasteiger partial charge in [-0.3, -0.25) is 4.79 Å². The zero-order valence-electron chi connectivity index (χ0n) is 11.7. The van der Waals surface area contributed by atoms with Gasteiger partial charge in [0.15, 0.2) is 0 Å². The van der Waals surface area contributed by atoms with Crippen LogP contribution in [0.2, 0.25) is 10.0 Å². The fourth-order valence-electron chi connectivity index (χ4n) is 1.44. The standard InChI is InChI=1S/C14H20Cl2N2O/c1-5-14(3,4)18-13(19)9(2)17-12-7-6-10(15)8-11(12)16/h6-9,17H,5H2,1-4H3,(H,18,19). The lowest BCUT2D eigenvalue weighted by Crippen LogP contribution is -2.48. The van der Waals surface area contributed by atoms with E-state index in [0.29, 0.717) is 15.7 Å². The lowest BCUT2D eigenvalue weighted by molar-refractivity contribution is -0.123. The van der Waals surface area contributed by atoms with Crippen molar-refractivity contribution in [2.45, 2.75) is 45.7 Å². The van der Waals surface area contributed by atoms with Gasteiger partial charge in [0, 0.05) is 10.6 Å². The molecule has 1 amide bonds. The van der Waals surface area contributed by atoms with E-state index >= 15 is 0 Å². The molecule has 1 aromatic carbocycles. The summed E-state index contributed by atoms with van der Waals surface area (Å²) < 4.78 is 0. The van der Waals surface area contributed by atoms with Crippen molar-refractivity contribution in [3.8, 4) is 0 Å². The number of hydrogen-bond acceptors (Lipinski definition) is 2. The van der Waals surface area contributed by atoms with E-state index in [2.05, 4.69) is 10.6 Å². The molecule has 0 aliphatic rings. The molecule has 1 aromatic rings. The third kappa shape index (κ3) is 4.92. The van der Waals surface area contributed by atoms with Crippen molar-refractivity contribution in [1.29, 1.82) is 0 Å². The molecule has 0 heterocycles. The molecular formula is C14H20Cl2N2O. The summed E-state index contributed by atoms with van der Waals surface area (Å²) in [7, 11) is 0. The molecule has 0 saturated carbocycles. The molecule has 0 aliphatic heterocycles. The summed E-state index contributed by atoms with van der Waals surface area (Å²) >= 11 is 11.9. The van der Waals surface area contributed by atoms with Gasteiger partial charge in [0.05, 0.1) is 10.7 Å². The molecule has 0 spiro atoms. The van der Waals surface area contributed by atoms with E-state index in [4.69, 9.17) is 23.2 Å². The van der Waals surface area contributed by atoms with Gasteiger partial charge >= 0.3 is 0 Å². The molecule has 1 atom stereocenters. The van der Waals surface area contributed by atoms with Crippen LogP contribution < -0.4 is 10.6 Å². The Morgan fingerprint density at radius 2 is 2.00 bits per heavy atom. The second-order valence-electron chi connectivity index (χ2n) is 5.22. The predicted octanol–water partition coefficient (Wildman–Crippen LogP) is 4.10. The topological polar surface area (TPSA) is 41.1 Å². The highest BCUT2D eigenvalue weighted by Gasteiger charge is 2.22. The first-order valence-electron chi connectivity index (χ1n) is 6.29. The molecule has 19 heavy (non-hydrogen) atoms. The highest BCUT2D eigenvalue weighted by molar-refractivity contribution is 6.36. The molecular weight excluding hydrogens is 283 g/mol. The van der Waals surface area contributed by atoms with Gasteiger partial charge < -0.3 is 10.6 Å². The highest BCUT2D eigenvalue weighted by Crippen LogP contribution is 2.25. The third-order valence-corrected chi connectivity index (χ3v) is 3.59. The van der Waals surface area contributed by atoms with Crippen molar-refractivity contribution >= 4 is 34.8 Å². The number of carbonyl (C=O) groups is 1. The molecule has 0 radical (unpaired) electrons. The molecule has 0 saturated heterocycles. The molecule has 0 fully saturated rings. The van der Waals surface area contributed by atoms with Crippen molar-refractivity contribution in [1.82, 2.24) is 5.32 Å². The van der Waals surface area contributed by atoms with E-state index < -0.39 is 0 Å². The molecule has 0 aromatic heterocycles. The van der Waals surface area contributed by atoms with Crippen molar-refractivity contribution in [2.75, 3.05) is 5.32 Å². The monoisotopic (exact) mass is 302 g/mol. The van der Waals surface area contributed by atoms with Gasteiger partial charge in [-0.25, -0.2) is 0 Å². The fraction of sp³-hybridized carbons (Fsp3) is 0.500. The number of rotatable bonds is 5. The highest BCUT2D eigenvalue weighted by atomic mass is 35.5. The molecule has 1 unspecified atom stereocenters. The second kappa shape index (κ2) is 6.49. The first-order valence-corrected chi connectivity index (χ1v) is 7.04. The van der Waals surface area contributed by atoms with Gasteiger partial charge in [0.1, 0.15) is 6.04 Å². The quantitative estimate of drug-likeness (QED) is 0.860. The van der Waals surface area contributed by atoms with Gasteiger partial charge in [-0.1, -0.05) is 30.1 Å². The van der Waals surface area contributed by atoms with Crippen LogP contribution in [0.15, 0.2) is 18.2 Å². The van der Waals surface area contributed by atoms with Crippen molar-refractivity contribution in [3.63, 3.8) is 0 Å². The maximum absolute atomic E-state index is 12.1. The minimum absolute atomic E-state index is 0.0575. The van der Waals surface area contributed by atoms with Crippen LogP contribution in [0.1, 0.15) is 34.1 Å². The molecule has 3 nitrogen and oxygen atoms in total. The minimum atomic E-state index is -0.371. The number of benzene rings is 1. The molecule has 1 rings (SSSR count). The largest absolute Gasteiger partial charge is 0.373 e. The Bertz CT molecular complexity index is 461. The summed E-state index contributed by atoms with van der Waals surface area (Å²) in [6.07, 6.45) is 0.868. The Morgan fingerprint density at radius 3 is 2.53 bits per heavy atom. The van der Waals surface area contributed by atoms with Crippen molar-refractivity contribution in [3.05, 3.63) is 28.2 Å². The van der Waals surface area contributed by atoms with Crippen LogP contribution >= 0.6 is 23.2 Å². The summed E-state index contributed by atoms with van der Waals surface area (Å²) in [5, 5.41) is 7.14. The Morgan fingerprint density at radius 1 is 1.37 bits per heavy atom. The van der Waals surface area contributed by atoms with Gasteiger partial charge in [0.25, 0.3) is 0 Å². The number of carbonyl (C=O) groups excluding carboxylic acids is 1.